The van der Waals surface area contributed by atoms with Gasteiger partial charge in [-0.2, -0.15) is 26.3 Å². The molecule has 0 radical (unpaired) electrons. The Morgan fingerprint density at radius 2 is 1.83 bits per heavy atom. The van der Waals surface area contributed by atoms with E-state index in [0.717, 1.165) is 6.07 Å². The lowest BCUT2D eigenvalue weighted by atomic mass is 9.85. The summed E-state index contributed by atoms with van der Waals surface area (Å²) < 4.78 is 88.7. The third-order valence-electron chi connectivity index (χ3n) is 5.09. The van der Waals surface area contributed by atoms with E-state index in [1.165, 1.54) is 12.3 Å². The predicted octanol–water partition coefficient (Wildman–Crippen LogP) is 4.33. The Morgan fingerprint density at radius 3 is 2.36 bits per heavy atom. The van der Waals surface area contributed by atoms with Gasteiger partial charge in [-0.25, -0.2) is 19.0 Å². The second-order valence-electron chi connectivity index (χ2n) is 7.93. The Hall–Kier alpha value is -4.02. The van der Waals surface area contributed by atoms with Gasteiger partial charge in [0.15, 0.2) is 0 Å². The maximum Gasteiger partial charge on any atom is 0.490 e. The number of carbonyl (C=O) groups excluding carboxylic acids is 1. The summed E-state index contributed by atoms with van der Waals surface area (Å²) >= 11 is 0. The number of nitrogen functional groups attached to an aromatic ring is 1. The van der Waals surface area contributed by atoms with E-state index < -0.39 is 41.3 Å². The molecule has 2 aliphatic rings. The number of aromatic nitrogens is 1. The molecule has 1 fully saturated rings. The molecule has 36 heavy (non-hydrogen) atoms. The number of pyridine rings is 1. The summed E-state index contributed by atoms with van der Waals surface area (Å²) in [5.74, 6) is 1.26. The first-order valence-electron chi connectivity index (χ1n) is 10.1. The van der Waals surface area contributed by atoms with Gasteiger partial charge in [-0.3, -0.25) is 0 Å². The molecule has 192 valence electrons. The van der Waals surface area contributed by atoms with E-state index in [1.807, 2.05) is 5.32 Å². The van der Waals surface area contributed by atoms with E-state index in [9.17, 15) is 35.5 Å². The first-order chi connectivity index (χ1) is 16.6. The van der Waals surface area contributed by atoms with Crippen LogP contribution in [0.15, 0.2) is 30.5 Å². The highest BCUT2D eigenvalue weighted by Crippen LogP contribution is 2.45. The van der Waals surface area contributed by atoms with Crippen LogP contribution in [0.5, 0.6) is 0 Å². The van der Waals surface area contributed by atoms with Gasteiger partial charge in [-0.05, 0) is 48.2 Å². The number of nitrogens with zero attached hydrogens (tertiary/aromatic N) is 1. The largest absolute Gasteiger partial charge is 0.490 e. The molecular formula is C22H17F7N4O3. The van der Waals surface area contributed by atoms with Crippen LogP contribution >= 0.6 is 0 Å². The summed E-state index contributed by atoms with van der Waals surface area (Å²) in [6.07, 6.45) is -7.07. The molecule has 0 saturated heterocycles. The van der Waals surface area contributed by atoms with Crippen LogP contribution in [0, 0.1) is 23.6 Å². The van der Waals surface area contributed by atoms with Crippen molar-refractivity contribution >= 4 is 23.5 Å². The monoisotopic (exact) mass is 518 g/mol. The van der Waals surface area contributed by atoms with Crippen LogP contribution in [0.3, 0.4) is 0 Å². The van der Waals surface area contributed by atoms with Gasteiger partial charge >= 0.3 is 24.4 Å². The molecule has 0 bridgehead atoms. The minimum atomic E-state index is -5.08. The standard InChI is InChI=1S/C20H16F4N4O.C2HF3O2/c21-15-10-14-16(9-13(15)7-12-4-6-26-17(25)8-12)27-18(29)28-19(14,20(22,23)24)5-3-11-1-2-11;3-2(4,5)1(6)7/h4,6,8-11H,1-2,7H2,(H2,25,26)(H2,27,28,29);(H,6,7). The molecule has 1 saturated carbocycles. The van der Waals surface area contributed by atoms with Gasteiger partial charge in [0.2, 0.25) is 5.54 Å². The van der Waals surface area contributed by atoms with E-state index in [1.54, 1.807) is 12.1 Å². The highest BCUT2D eigenvalue weighted by atomic mass is 19.4. The van der Waals surface area contributed by atoms with Crippen molar-refractivity contribution in [1.29, 1.82) is 0 Å². The Labute approximate surface area is 198 Å². The number of urea groups is 1. The summed E-state index contributed by atoms with van der Waals surface area (Å²) in [5.41, 5.74) is 2.80. The fourth-order valence-electron chi connectivity index (χ4n) is 3.21. The Bertz CT molecular complexity index is 1250. The highest BCUT2D eigenvalue weighted by molar-refractivity contribution is 5.95. The van der Waals surface area contributed by atoms with E-state index in [4.69, 9.17) is 15.6 Å². The molecule has 7 nitrogen and oxygen atoms in total. The summed E-state index contributed by atoms with van der Waals surface area (Å²) in [6, 6.07) is 4.11. The SMILES string of the molecule is Nc1cc(Cc2cc3c(cc2F)C(C#CC2CC2)(C(F)(F)F)NC(=O)N3)ccn1.O=C(O)C(F)(F)F. The van der Waals surface area contributed by atoms with Crippen molar-refractivity contribution in [1.82, 2.24) is 10.3 Å². The lowest BCUT2D eigenvalue weighted by Crippen LogP contribution is -2.59. The number of anilines is 2. The number of aliphatic carboxylic acids is 1. The number of nitrogens with one attached hydrogen (secondary N) is 2. The Kier molecular flexibility index (Phi) is 7.06. The maximum atomic E-state index is 14.8. The first kappa shape index (κ1) is 26.6. The van der Waals surface area contributed by atoms with E-state index in [-0.39, 0.29) is 29.4 Å². The zero-order chi connectivity index (χ0) is 26.9. The van der Waals surface area contributed by atoms with Crippen LogP contribution in [0.2, 0.25) is 0 Å². The molecule has 14 heteroatoms. The van der Waals surface area contributed by atoms with Gasteiger partial charge in [-0.1, -0.05) is 11.8 Å². The molecule has 1 aromatic heterocycles. The molecule has 5 N–H and O–H groups in total. The third kappa shape index (κ3) is 5.96. The van der Waals surface area contributed by atoms with Crippen LogP contribution in [0.25, 0.3) is 0 Å². The van der Waals surface area contributed by atoms with Crippen LogP contribution in [-0.2, 0) is 16.8 Å². The van der Waals surface area contributed by atoms with Gasteiger partial charge in [0, 0.05) is 29.8 Å². The molecule has 4 rings (SSSR count). The second kappa shape index (κ2) is 9.56. The lowest BCUT2D eigenvalue weighted by molar-refractivity contribution is -0.192. The normalized spacial score (nSPS) is 18.9. The lowest BCUT2D eigenvalue weighted by Gasteiger charge is -2.37. The number of rotatable bonds is 2. The minimum absolute atomic E-state index is 0.0713. The average Bonchev–Trinajstić information content (AvgIpc) is 3.56. The number of carbonyl (C=O) groups is 2. The Morgan fingerprint density at radius 1 is 1.19 bits per heavy atom. The molecular weight excluding hydrogens is 501 g/mol. The second-order valence-corrected chi connectivity index (χ2v) is 7.93. The van der Waals surface area contributed by atoms with Gasteiger partial charge in [-0.15, -0.1) is 0 Å². The molecule has 1 aliphatic heterocycles. The molecule has 2 heterocycles. The zero-order valence-corrected chi connectivity index (χ0v) is 18.0. The average molecular weight is 518 g/mol. The molecule has 1 aromatic carbocycles. The zero-order valence-electron chi connectivity index (χ0n) is 18.0. The molecule has 2 amide bonds. The number of fused-ring (bicyclic) bond motifs is 1. The summed E-state index contributed by atoms with van der Waals surface area (Å²) in [5, 5.41) is 11.3. The number of amides is 2. The fourth-order valence-corrected chi connectivity index (χ4v) is 3.21. The summed E-state index contributed by atoms with van der Waals surface area (Å²) in [4.78, 5) is 24.8. The first-order valence-corrected chi connectivity index (χ1v) is 10.1. The number of carboxylic acid groups (broad SMARTS) is 1. The van der Waals surface area contributed by atoms with Crippen molar-refractivity contribution in [3.05, 3.63) is 53.0 Å². The van der Waals surface area contributed by atoms with Crippen molar-refractivity contribution in [2.45, 2.75) is 37.2 Å². The van der Waals surface area contributed by atoms with Crippen LogP contribution in [0.4, 0.5) is 47.0 Å². The highest BCUT2D eigenvalue weighted by Gasteiger charge is 2.59. The molecule has 1 unspecified atom stereocenters. The number of alkyl halides is 6. The number of nitrogens with two attached hydrogens (primary N) is 1. The van der Waals surface area contributed by atoms with Crippen LogP contribution < -0.4 is 16.4 Å². The van der Waals surface area contributed by atoms with Crippen molar-refractivity contribution in [3.8, 4) is 11.8 Å². The maximum absolute atomic E-state index is 14.8. The number of hydrogen-bond acceptors (Lipinski definition) is 4. The molecule has 0 spiro atoms. The number of benzene rings is 1. The van der Waals surface area contributed by atoms with Gasteiger partial charge in [0.05, 0.1) is 0 Å². The predicted molar refractivity (Wildman–Crippen MR) is 112 cm³/mol. The number of halogens is 7. The smallest absolute Gasteiger partial charge is 0.475 e. The van der Waals surface area contributed by atoms with Crippen molar-refractivity contribution < 1.29 is 45.4 Å². The molecule has 2 aromatic rings. The van der Waals surface area contributed by atoms with E-state index in [2.05, 4.69) is 22.1 Å². The number of hydrogen-bond donors (Lipinski definition) is 4. The van der Waals surface area contributed by atoms with Crippen LogP contribution in [0.1, 0.15) is 29.5 Å². The van der Waals surface area contributed by atoms with E-state index in [0.29, 0.717) is 18.4 Å². The third-order valence-corrected chi connectivity index (χ3v) is 5.09. The minimum Gasteiger partial charge on any atom is -0.475 e. The van der Waals surface area contributed by atoms with E-state index >= 15 is 0 Å². The van der Waals surface area contributed by atoms with Gasteiger partial charge in [0.1, 0.15) is 11.6 Å². The summed E-state index contributed by atoms with van der Waals surface area (Å²) in [7, 11) is 0. The van der Waals surface area contributed by atoms with Gasteiger partial charge in [0.25, 0.3) is 0 Å². The fraction of sp³-hybridized carbons (Fsp3) is 0.318. The molecule has 1 aliphatic carbocycles. The van der Waals surface area contributed by atoms with Crippen molar-refractivity contribution in [2.75, 3.05) is 11.1 Å². The quantitative estimate of drug-likeness (QED) is 0.349. The van der Waals surface area contributed by atoms with Crippen molar-refractivity contribution in [2.24, 2.45) is 5.92 Å². The summed E-state index contributed by atoms with van der Waals surface area (Å²) in [6.45, 7) is 0. The number of carboxylic acids is 1. The van der Waals surface area contributed by atoms with Gasteiger partial charge < -0.3 is 21.5 Å². The Balaban J connectivity index is 0.000000454. The molecule has 1 atom stereocenters. The topological polar surface area (TPSA) is 117 Å². The van der Waals surface area contributed by atoms with Crippen LogP contribution in [-0.4, -0.2) is 34.4 Å². The van der Waals surface area contributed by atoms with Crippen molar-refractivity contribution in [3.63, 3.8) is 0 Å².